The van der Waals surface area contributed by atoms with Gasteiger partial charge in [0.2, 0.25) is 5.91 Å². The van der Waals surface area contributed by atoms with Gasteiger partial charge in [0.1, 0.15) is 5.82 Å². The molecule has 0 aromatic heterocycles. The standard InChI is InChI=1S/C27H34F4N2O/c1-18(2)13-33(26(34)19(3)4)16-22-15-32(17-24(22)20-9-7-10-23(28)12-20)14-21-8-5-6-11-25(21)27(29,30)31/h5-12,18-19,22,24H,13-17H2,1-4H3/t22-,24+/m1/s1. The average Bonchev–Trinajstić information content (AvgIpc) is 3.14. The van der Waals surface area contributed by atoms with Crippen LogP contribution in [-0.4, -0.2) is 41.9 Å². The molecule has 0 bridgehead atoms. The predicted molar refractivity (Wildman–Crippen MR) is 126 cm³/mol. The zero-order valence-corrected chi connectivity index (χ0v) is 20.3. The molecule has 0 unspecified atom stereocenters. The first-order valence-electron chi connectivity index (χ1n) is 11.9. The zero-order chi connectivity index (χ0) is 25.0. The molecule has 186 valence electrons. The Hall–Kier alpha value is -2.41. The third-order valence-electron chi connectivity index (χ3n) is 6.36. The summed E-state index contributed by atoms with van der Waals surface area (Å²) < 4.78 is 54.7. The van der Waals surface area contributed by atoms with E-state index in [0.29, 0.717) is 26.2 Å². The van der Waals surface area contributed by atoms with Crippen molar-refractivity contribution < 1.29 is 22.4 Å². The summed E-state index contributed by atoms with van der Waals surface area (Å²) >= 11 is 0. The molecule has 7 heteroatoms. The van der Waals surface area contributed by atoms with Crippen LogP contribution in [0, 0.1) is 23.6 Å². The van der Waals surface area contributed by atoms with Gasteiger partial charge in [0.05, 0.1) is 5.56 Å². The van der Waals surface area contributed by atoms with Gasteiger partial charge in [-0.1, -0.05) is 58.0 Å². The van der Waals surface area contributed by atoms with Crippen LogP contribution in [0.1, 0.15) is 50.3 Å². The number of hydrogen-bond acceptors (Lipinski definition) is 2. The van der Waals surface area contributed by atoms with Gasteiger partial charge in [0, 0.05) is 44.6 Å². The molecule has 1 saturated heterocycles. The van der Waals surface area contributed by atoms with Crippen molar-refractivity contribution in [2.45, 2.75) is 46.3 Å². The van der Waals surface area contributed by atoms with Crippen molar-refractivity contribution in [3.63, 3.8) is 0 Å². The molecule has 1 heterocycles. The largest absolute Gasteiger partial charge is 0.416 e. The lowest BCUT2D eigenvalue weighted by Crippen LogP contribution is -2.41. The van der Waals surface area contributed by atoms with Crippen molar-refractivity contribution in [2.75, 3.05) is 26.2 Å². The number of rotatable bonds is 8. The highest BCUT2D eigenvalue weighted by molar-refractivity contribution is 5.78. The first-order chi connectivity index (χ1) is 16.0. The lowest BCUT2D eigenvalue weighted by atomic mass is 9.88. The van der Waals surface area contributed by atoms with Gasteiger partial charge in [-0.05, 0) is 41.2 Å². The molecule has 34 heavy (non-hydrogen) atoms. The first-order valence-corrected chi connectivity index (χ1v) is 11.9. The summed E-state index contributed by atoms with van der Waals surface area (Å²) in [4.78, 5) is 16.8. The fourth-order valence-electron chi connectivity index (χ4n) is 4.91. The maximum Gasteiger partial charge on any atom is 0.416 e. The van der Waals surface area contributed by atoms with Gasteiger partial charge in [-0.2, -0.15) is 13.2 Å². The Bertz CT molecular complexity index is 973. The number of nitrogens with zero attached hydrogens (tertiary/aromatic N) is 2. The smallest absolute Gasteiger partial charge is 0.342 e. The van der Waals surface area contributed by atoms with Crippen LogP contribution in [0.4, 0.5) is 17.6 Å². The summed E-state index contributed by atoms with van der Waals surface area (Å²) in [5.41, 5.74) is 0.418. The van der Waals surface area contributed by atoms with Crippen LogP contribution in [-0.2, 0) is 17.5 Å². The predicted octanol–water partition coefficient (Wildman–Crippen LogP) is 6.20. The maximum atomic E-state index is 14.0. The van der Waals surface area contributed by atoms with Crippen molar-refractivity contribution >= 4 is 5.91 Å². The van der Waals surface area contributed by atoms with E-state index in [2.05, 4.69) is 13.8 Å². The van der Waals surface area contributed by atoms with Gasteiger partial charge in [0.15, 0.2) is 0 Å². The van der Waals surface area contributed by atoms with E-state index < -0.39 is 11.7 Å². The van der Waals surface area contributed by atoms with Crippen molar-refractivity contribution in [3.8, 4) is 0 Å². The first kappa shape index (κ1) is 26.2. The molecular formula is C27H34F4N2O. The van der Waals surface area contributed by atoms with E-state index in [-0.39, 0.29) is 47.5 Å². The summed E-state index contributed by atoms with van der Waals surface area (Å²) in [6, 6.07) is 12.1. The Morgan fingerprint density at radius 1 is 1.06 bits per heavy atom. The second kappa shape index (κ2) is 10.9. The van der Waals surface area contributed by atoms with Crippen molar-refractivity contribution in [2.24, 2.45) is 17.8 Å². The lowest BCUT2D eigenvalue weighted by Gasteiger charge is -2.31. The number of halogens is 4. The number of likely N-dealkylation sites (tertiary alicyclic amines) is 1. The normalized spacial score (nSPS) is 19.2. The van der Waals surface area contributed by atoms with Crippen LogP contribution in [0.15, 0.2) is 48.5 Å². The summed E-state index contributed by atoms with van der Waals surface area (Å²) in [7, 11) is 0. The van der Waals surface area contributed by atoms with Gasteiger partial charge in [-0.15, -0.1) is 0 Å². The number of benzene rings is 2. The molecule has 0 saturated carbocycles. The van der Waals surface area contributed by atoms with E-state index >= 15 is 0 Å². The molecule has 0 aliphatic carbocycles. The van der Waals surface area contributed by atoms with E-state index in [1.807, 2.05) is 29.7 Å². The van der Waals surface area contributed by atoms with E-state index in [0.717, 1.165) is 11.6 Å². The number of hydrogen-bond donors (Lipinski definition) is 0. The third kappa shape index (κ3) is 6.59. The van der Waals surface area contributed by atoms with Crippen LogP contribution in [0.2, 0.25) is 0 Å². The molecule has 1 amide bonds. The molecule has 0 N–H and O–H groups in total. The highest BCUT2D eigenvalue weighted by atomic mass is 19.4. The SMILES string of the molecule is CC(C)CN(C[C@H]1CN(Cc2ccccc2C(F)(F)F)C[C@H]1c1cccc(F)c1)C(=O)C(C)C. The Balaban J connectivity index is 1.88. The average molecular weight is 479 g/mol. The molecule has 0 spiro atoms. The number of carbonyl (C=O) groups is 1. The second-order valence-electron chi connectivity index (χ2n) is 10.1. The molecule has 3 rings (SSSR count). The van der Waals surface area contributed by atoms with Crippen LogP contribution in [0.25, 0.3) is 0 Å². The lowest BCUT2D eigenvalue weighted by molar-refractivity contribution is -0.138. The van der Waals surface area contributed by atoms with Crippen molar-refractivity contribution in [1.82, 2.24) is 9.80 Å². The minimum atomic E-state index is -4.42. The van der Waals surface area contributed by atoms with Gasteiger partial charge in [-0.3, -0.25) is 9.69 Å². The molecule has 1 aliphatic rings. The van der Waals surface area contributed by atoms with Crippen LogP contribution < -0.4 is 0 Å². The minimum Gasteiger partial charge on any atom is -0.342 e. The van der Waals surface area contributed by atoms with Crippen LogP contribution in [0.5, 0.6) is 0 Å². The quantitative estimate of drug-likeness (QED) is 0.422. The minimum absolute atomic E-state index is 0.0127. The molecule has 3 nitrogen and oxygen atoms in total. The monoisotopic (exact) mass is 478 g/mol. The summed E-state index contributed by atoms with van der Waals surface area (Å²) in [5.74, 6) is -0.235. The zero-order valence-electron chi connectivity index (χ0n) is 20.3. The van der Waals surface area contributed by atoms with E-state index in [9.17, 15) is 22.4 Å². The van der Waals surface area contributed by atoms with E-state index in [4.69, 9.17) is 0 Å². The van der Waals surface area contributed by atoms with Crippen LogP contribution >= 0.6 is 0 Å². The summed E-state index contributed by atoms with van der Waals surface area (Å²) in [5, 5.41) is 0. The van der Waals surface area contributed by atoms with Crippen LogP contribution in [0.3, 0.4) is 0 Å². The molecule has 2 aromatic rings. The molecular weight excluding hydrogens is 444 g/mol. The summed E-state index contributed by atoms with van der Waals surface area (Å²) in [6.45, 7) is 10.1. The molecule has 1 aliphatic heterocycles. The molecule has 1 fully saturated rings. The Morgan fingerprint density at radius 3 is 2.38 bits per heavy atom. The summed E-state index contributed by atoms with van der Waals surface area (Å²) in [6.07, 6.45) is -4.42. The highest BCUT2D eigenvalue weighted by Gasteiger charge is 2.38. The highest BCUT2D eigenvalue weighted by Crippen LogP contribution is 2.37. The van der Waals surface area contributed by atoms with Gasteiger partial charge in [0.25, 0.3) is 0 Å². The topological polar surface area (TPSA) is 23.6 Å². The maximum absolute atomic E-state index is 14.0. The molecule has 2 atom stereocenters. The van der Waals surface area contributed by atoms with Gasteiger partial charge in [-0.25, -0.2) is 4.39 Å². The van der Waals surface area contributed by atoms with E-state index in [1.54, 1.807) is 12.1 Å². The Morgan fingerprint density at radius 2 is 1.76 bits per heavy atom. The Kier molecular flexibility index (Phi) is 8.39. The fourth-order valence-corrected chi connectivity index (χ4v) is 4.91. The number of amides is 1. The third-order valence-corrected chi connectivity index (χ3v) is 6.36. The van der Waals surface area contributed by atoms with Gasteiger partial charge >= 0.3 is 6.18 Å². The number of alkyl halides is 3. The second-order valence-corrected chi connectivity index (χ2v) is 10.1. The van der Waals surface area contributed by atoms with Gasteiger partial charge < -0.3 is 4.90 Å². The van der Waals surface area contributed by atoms with Crippen molar-refractivity contribution in [3.05, 3.63) is 71.0 Å². The van der Waals surface area contributed by atoms with Crippen molar-refractivity contribution in [1.29, 1.82) is 0 Å². The number of carbonyl (C=O) groups excluding carboxylic acids is 1. The fraction of sp³-hybridized carbons (Fsp3) is 0.519. The Labute approximate surface area is 199 Å². The molecule has 0 radical (unpaired) electrons. The molecule has 2 aromatic carbocycles. The van der Waals surface area contributed by atoms with E-state index in [1.165, 1.54) is 24.3 Å².